The second kappa shape index (κ2) is 8.92. The third kappa shape index (κ3) is 5.71. The zero-order chi connectivity index (χ0) is 13.4. The summed E-state index contributed by atoms with van der Waals surface area (Å²) in [6, 6.07) is 1.24. The van der Waals surface area contributed by atoms with E-state index in [2.05, 4.69) is 33.0 Å². The van der Waals surface area contributed by atoms with Gasteiger partial charge >= 0.3 is 0 Å². The predicted molar refractivity (Wildman–Crippen MR) is 78.9 cm³/mol. The molecule has 0 spiro atoms. The first-order valence-corrected chi connectivity index (χ1v) is 8.01. The number of rotatable bonds is 7. The SMILES string of the molecule is CCOCC(NC1CCCC(CC)CC1)C(C)C. The van der Waals surface area contributed by atoms with Crippen LogP contribution in [0, 0.1) is 11.8 Å². The van der Waals surface area contributed by atoms with Gasteiger partial charge in [0.25, 0.3) is 0 Å². The lowest BCUT2D eigenvalue weighted by molar-refractivity contribution is 0.102. The standard InChI is InChI=1S/C16H33NO/c1-5-14-8-7-9-15(11-10-14)17-16(13(3)4)12-18-6-2/h13-17H,5-12H2,1-4H3. The smallest absolute Gasteiger partial charge is 0.0622 e. The molecular weight excluding hydrogens is 222 g/mol. The van der Waals surface area contributed by atoms with E-state index in [0.29, 0.717) is 12.0 Å². The lowest BCUT2D eigenvalue weighted by atomic mass is 9.97. The maximum atomic E-state index is 5.61. The van der Waals surface area contributed by atoms with Crippen molar-refractivity contribution in [1.82, 2.24) is 5.32 Å². The van der Waals surface area contributed by atoms with E-state index >= 15 is 0 Å². The zero-order valence-corrected chi connectivity index (χ0v) is 12.9. The molecule has 0 aromatic carbocycles. The maximum absolute atomic E-state index is 5.61. The highest BCUT2D eigenvalue weighted by atomic mass is 16.5. The van der Waals surface area contributed by atoms with Crippen LogP contribution in [0.1, 0.15) is 66.2 Å². The molecule has 0 saturated heterocycles. The molecule has 1 fully saturated rings. The van der Waals surface area contributed by atoms with E-state index in [9.17, 15) is 0 Å². The monoisotopic (exact) mass is 255 g/mol. The lowest BCUT2D eigenvalue weighted by Gasteiger charge is -2.27. The van der Waals surface area contributed by atoms with Crippen LogP contribution in [0.5, 0.6) is 0 Å². The van der Waals surface area contributed by atoms with E-state index in [0.717, 1.165) is 25.2 Å². The minimum Gasteiger partial charge on any atom is -0.380 e. The third-order valence-electron chi connectivity index (χ3n) is 4.42. The average molecular weight is 255 g/mol. The van der Waals surface area contributed by atoms with E-state index in [1.165, 1.54) is 38.5 Å². The Balaban J connectivity index is 2.38. The minimum atomic E-state index is 0.521. The molecule has 2 heteroatoms. The zero-order valence-electron chi connectivity index (χ0n) is 12.9. The largest absolute Gasteiger partial charge is 0.380 e. The Morgan fingerprint density at radius 2 is 1.89 bits per heavy atom. The molecule has 108 valence electrons. The van der Waals surface area contributed by atoms with E-state index in [1.807, 2.05) is 0 Å². The average Bonchev–Trinajstić information content (AvgIpc) is 2.59. The summed E-state index contributed by atoms with van der Waals surface area (Å²) in [6.07, 6.45) is 8.31. The van der Waals surface area contributed by atoms with Crippen LogP contribution in [-0.4, -0.2) is 25.3 Å². The Bertz CT molecular complexity index is 205. The molecule has 2 nitrogen and oxygen atoms in total. The summed E-state index contributed by atoms with van der Waals surface area (Å²) in [5, 5.41) is 3.85. The van der Waals surface area contributed by atoms with Gasteiger partial charge in [-0.05, 0) is 38.0 Å². The molecule has 1 rings (SSSR count). The van der Waals surface area contributed by atoms with Gasteiger partial charge in [0.15, 0.2) is 0 Å². The topological polar surface area (TPSA) is 21.3 Å². The molecule has 0 amide bonds. The van der Waals surface area contributed by atoms with Gasteiger partial charge in [-0.2, -0.15) is 0 Å². The van der Waals surface area contributed by atoms with Crippen molar-refractivity contribution in [1.29, 1.82) is 0 Å². The number of ether oxygens (including phenoxy) is 1. The Labute approximate surface area is 114 Å². The summed E-state index contributed by atoms with van der Waals surface area (Å²) in [7, 11) is 0. The van der Waals surface area contributed by atoms with Gasteiger partial charge in [0.05, 0.1) is 6.61 Å². The van der Waals surface area contributed by atoms with Gasteiger partial charge < -0.3 is 10.1 Å². The van der Waals surface area contributed by atoms with Crippen molar-refractivity contribution < 1.29 is 4.74 Å². The molecule has 1 N–H and O–H groups in total. The number of nitrogens with one attached hydrogen (secondary N) is 1. The summed E-state index contributed by atoms with van der Waals surface area (Å²) < 4.78 is 5.61. The van der Waals surface area contributed by atoms with Gasteiger partial charge in [-0.3, -0.25) is 0 Å². The molecule has 0 aromatic heterocycles. The van der Waals surface area contributed by atoms with Crippen molar-refractivity contribution >= 4 is 0 Å². The van der Waals surface area contributed by atoms with Crippen molar-refractivity contribution in [3.63, 3.8) is 0 Å². The van der Waals surface area contributed by atoms with E-state index in [4.69, 9.17) is 4.74 Å². The van der Waals surface area contributed by atoms with Gasteiger partial charge in [0, 0.05) is 18.7 Å². The molecule has 0 aromatic rings. The van der Waals surface area contributed by atoms with Crippen LogP contribution in [0.4, 0.5) is 0 Å². The highest BCUT2D eigenvalue weighted by Crippen LogP contribution is 2.26. The summed E-state index contributed by atoms with van der Waals surface area (Å²) >= 11 is 0. The molecule has 0 aliphatic heterocycles. The summed E-state index contributed by atoms with van der Waals surface area (Å²) in [6.45, 7) is 10.7. The van der Waals surface area contributed by atoms with Crippen LogP contribution in [0.2, 0.25) is 0 Å². The van der Waals surface area contributed by atoms with Crippen molar-refractivity contribution in [2.75, 3.05) is 13.2 Å². The molecule has 0 bridgehead atoms. The van der Waals surface area contributed by atoms with Crippen LogP contribution in [-0.2, 0) is 4.74 Å². The lowest BCUT2D eigenvalue weighted by Crippen LogP contribution is -2.44. The van der Waals surface area contributed by atoms with Gasteiger partial charge in [-0.15, -0.1) is 0 Å². The molecule has 3 unspecified atom stereocenters. The normalized spacial score (nSPS) is 27.2. The summed E-state index contributed by atoms with van der Waals surface area (Å²) in [5.41, 5.74) is 0. The fraction of sp³-hybridized carbons (Fsp3) is 1.00. The second-order valence-corrected chi connectivity index (χ2v) is 6.16. The van der Waals surface area contributed by atoms with E-state index in [-0.39, 0.29) is 0 Å². The highest BCUT2D eigenvalue weighted by molar-refractivity contribution is 4.80. The minimum absolute atomic E-state index is 0.521. The van der Waals surface area contributed by atoms with Crippen LogP contribution in [0.15, 0.2) is 0 Å². The van der Waals surface area contributed by atoms with Crippen LogP contribution in [0.3, 0.4) is 0 Å². The highest BCUT2D eigenvalue weighted by Gasteiger charge is 2.22. The summed E-state index contributed by atoms with van der Waals surface area (Å²) in [4.78, 5) is 0. The van der Waals surface area contributed by atoms with Crippen LogP contribution in [0.25, 0.3) is 0 Å². The molecule has 3 atom stereocenters. The fourth-order valence-electron chi connectivity index (χ4n) is 2.93. The Kier molecular flexibility index (Phi) is 7.92. The molecular formula is C16H33NO. The first kappa shape index (κ1) is 16.0. The molecule has 1 aliphatic rings. The Morgan fingerprint density at radius 1 is 1.11 bits per heavy atom. The Morgan fingerprint density at radius 3 is 2.50 bits per heavy atom. The number of hydrogen-bond donors (Lipinski definition) is 1. The fourth-order valence-corrected chi connectivity index (χ4v) is 2.93. The van der Waals surface area contributed by atoms with E-state index < -0.39 is 0 Å². The molecule has 18 heavy (non-hydrogen) atoms. The van der Waals surface area contributed by atoms with Gasteiger partial charge in [-0.25, -0.2) is 0 Å². The molecule has 1 saturated carbocycles. The first-order valence-electron chi connectivity index (χ1n) is 8.01. The molecule has 1 aliphatic carbocycles. The maximum Gasteiger partial charge on any atom is 0.0622 e. The quantitative estimate of drug-likeness (QED) is 0.694. The van der Waals surface area contributed by atoms with Crippen LogP contribution >= 0.6 is 0 Å². The van der Waals surface area contributed by atoms with Crippen molar-refractivity contribution in [2.45, 2.75) is 78.3 Å². The number of hydrogen-bond acceptors (Lipinski definition) is 2. The Hall–Kier alpha value is -0.0800. The second-order valence-electron chi connectivity index (χ2n) is 6.16. The van der Waals surface area contributed by atoms with Gasteiger partial charge in [-0.1, -0.05) is 40.0 Å². The van der Waals surface area contributed by atoms with Crippen molar-refractivity contribution in [3.05, 3.63) is 0 Å². The van der Waals surface area contributed by atoms with E-state index in [1.54, 1.807) is 0 Å². The molecule has 0 heterocycles. The third-order valence-corrected chi connectivity index (χ3v) is 4.42. The van der Waals surface area contributed by atoms with Gasteiger partial charge in [0.1, 0.15) is 0 Å². The van der Waals surface area contributed by atoms with Crippen molar-refractivity contribution in [3.8, 4) is 0 Å². The van der Waals surface area contributed by atoms with Gasteiger partial charge in [0.2, 0.25) is 0 Å². The predicted octanol–water partition coefficient (Wildman–Crippen LogP) is 4.00. The van der Waals surface area contributed by atoms with Crippen LogP contribution < -0.4 is 5.32 Å². The summed E-state index contributed by atoms with van der Waals surface area (Å²) in [5.74, 6) is 1.63. The first-order chi connectivity index (χ1) is 8.67. The van der Waals surface area contributed by atoms with Crippen molar-refractivity contribution in [2.24, 2.45) is 11.8 Å². The molecule has 0 radical (unpaired) electrons.